The third-order valence-corrected chi connectivity index (χ3v) is 3.52. The maximum atomic E-state index is 13.2. The lowest BCUT2D eigenvalue weighted by Gasteiger charge is -2.50. The SMILES string of the molecule is COC1(OC)CC(C#N)(c2cc(F)cc(F)c2)C1. The number of rotatable bonds is 3. The van der Waals surface area contributed by atoms with E-state index in [1.807, 2.05) is 0 Å². The molecule has 0 radical (unpaired) electrons. The number of nitrogens with zero attached hydrogens (tertiary/aromatic N) is 1. The monoisotopic (exact) mass is 253 g/mol. The van der Waals surface area contributed by atoms with Crippen LogP contribution in [-0.2, 0) is 14.9 Å². The van der Waals surface area contributed by atoms with Crippen LogP contribution in [0.1, 0.15) is 18.4 Å². The number of hydrogen-bond donors (Lipinski definition) is 0. The second-order valence-electron chi connectivity index (χ2n) is 4.52. The topological polar surface area (TPSA) is 42.2 Å². The molecule has 0 unspecified atom stereocenters. The Balaban J connectivity index is 2.35. The zero-order chi connectivity index (χ0) is 13.4. The van der Waals surface area contributed by atoms with Crippen molar-refractivity contribution in [1.29, 1.82) is 5.26 Å². The van der Waals surface area contributed by atoms with Gasteiger partial charge in [0.05, 0.1) is 11.5 Å². The minimum absolute atomic E-state index is 0.256. The Labute approximate surface area is 104 Å². The van der Waals surface area contributed by atoms with E-state index in [0.29, 0.717) is 5.56 Å². The van der Waals surface area contributed by atoms with Crippen LogP contribution in [0.3, 0.4) is 0 Å². The van der Waals surface area contributed by atoms with Crippen LogP contribution in [0.25, 0.3) is 0 Å². The molecule has 5 heteroatoms. The molecule has 1 saturated carbocycles. The minimum atomic E-state index is -0.949. The summed E-state index contributed by atoms with van der Waals surface area (Å²) in [6.07, 6.45) is 0.513. The Morgan fingerprint density at radius 3 is 2.00 bits per heavy atom. The van der Waals surface area contributed by atoms with Crippen LogP contribution >= 0.6 is 0 Å². The molecule has 0 saturated heterocycles. The number of methoxy groups -OCH3 is 2. The van der Waals surface area contributed by atoms with Gasteiger partial charge < -0.3 is 9.47 Å². The van der Waals surface area contributed by atoms with E-state index in [9.17, 15) is 14.0 Å². The molecule has 0 bridgehead atoms. The lowest BCUT2D eigenvalue weighted by molar-refractivity contribution is -0.269. The summed E-state index contributed by atoms with van der Waals surface area (Å²) in [5, 5.41) is 9.29. The van der Waals surface area contributed by atoms with E-state index in [2.05, 4.69) is 6.07 Å². The van der Waals surface area contributed by atoms with Gasteiger partial charge in [0.25, 0.3) is 0 Å². The van der Waals surface area contributed by atoms with Gasteiger partial charge in [-0.25, -0.2) is 8.78 Å². The normalized spacial score (nSPS) is 19.9. The van der Waals surface area contributed by atoms with Crippen LogP contribution in [0, 0.1) is 23.0 Å². The average molecular weight is 253 g/mol. The first-order valence-corrected chi connectivity index (χ1v) is 5.47. The number of halogens is 2. The molecule has 0 aromatic heterocycles. The molecule has 0 aliphatic heterocycles. The molecule has 1 aliphatic rings. The maximum Gasteiger partial charge on any atom is 0.171 e. The molecular weight excluding hydrogens is 240 g/mol. The molecule has 0 spiro atoms. The maximum absolute atomic E-state index is 13.2. The first-order valence-electron chi connectivity index (χ1n) is 5.47. The van der Waals surface area contributed by atoms with Gasteiger partial charge in [-0.3, -0.25) is 0 Å². The predicted octanol–water partition coefficient (Wildman–Crippen LogP) is 2.51. The number of benzene rings is 1. The fraction of sp³-hybridized carbons (Fsp3) is 0.462. The van der Waals surface area contributed by atoms with E-state index in [0.717, 1.165) is 6.07 Å². The molecule has 0 amide bonds. The summed E-state index contributed by atoms with van der Waals surface area (Å²) in [5.41, 5.74) is -0.623. The Bertz CT molecular complexity index is 478. The van der Waals surface area contributed by atoms with Gasteiger partial charge in [-0.1, -0.05) is 0 Å². The van der Waals surface area contributed by atoms with Gasteiger partial charge in [0.2, 0.25) is 0 Å². The zero-order valence-corrected chi connectivity index (χ0v) is 10.2. The Morgan fingerprint density at radius 1 is 1.11 bits per heavy atom. The van der Waals surface area contributed by atoms with Crippen molar-refractivity contribution in [2.75, 3.05) is 14.2 Å². The van der Waals surface area contributed by atoms with Gasteiger partial charge in [0.15, 0.2) is 5.79 Å². The number of hydrogen-bond acceptors (Lipinski definition) is 3. The molecule has 0 atom stereocenters. The van der Waals surface area contributed by atoms with E-state index in [-0.39, 0.29) is 12.8 Å². The highest BCUT2D eigenvalue weighted by Crippen LogP contribution is 2.52. The number of nitriles is 1. The Morgan fingerprint density at radius 2 is 1.61 bits per heavy atom. The van der Waals surface area contributed by atoms with E-state index in [1.165, 1.54) is 26.4 Å². The second kappa shape index (κ2) is 4.30. The van der Waals surface area contributed by atoms with Crippen molar-refractivity contribution < 1.29 is 18.3 Å². The van der Waals surface area contributed by atoms with Crippen molar-refractivity contribution in [2.45, 2.75) is 24.0 Å². The molecule has 2 rings (SSSR count). The van der Waals surface area contributed by atoms with Crippen molar-refractivity contribution >= 4 is 0 Å². The van der Waals surface area contributed by atoms with Crippen LogP contribution in [0.4, 0.5) is 8.78 Å². The summed E-state index contributed by atoms with van der Waals surface area (Å²) < 4.78 is 36.8. The summed E-state index contributed by atoms with van der Waals surface area (Å²) in [7, 11) is 2.97. The Hall–Kier alpha value is -1.51. The quantitative estimate of drug-likeness (QED) is 0.777. The fourth-order valence-electron chi connectivity index (χ4n) is 2.42. The summed E-state index contributed by atoms with van der Waals surface area (Å²) in [6, 6.07) is 5.26. The van der Waals surface area contributed by atoms with Gasteiger partial charge in [-0.2, -0.15) is 5.26 Å². The largest absolute Gasteiger partial charge is 0.353 e. The summed E-state index contributed by atoms with van der Waals surface area (Å²) in [6.45, 7) is 0. The van der Waals surface area contributed by atoms with Gasteiger partial charge in [0.1, 0.15) is 11.6 Å². The fourth-order valence-corrected chi connectivity index (χ4v) is 2.42. The molecule has 1 aliphatic carbocycles. The summed E-state index contributed by atoms with van der Waals surface area (Å²) in [4.78, 5) is 0. The van der Waals surface area contributed by atoms with E-state index in [1.54, 1.807) is 0 Å². The average Bonchev–Trinajstić information content (AvgIpc) is 2.29. The molecule has 1 fully saturated rings. The Kier molecular flexibility index (Phi) is 3.09. The lowest BCUT2D eigenvalue weighted by atomic mass is 9.61. The van der Waals surface area contributed by atoms with E-state index < -0.39 is 22.8 Å². The van der Waals surface area contributed by atoms with E-state index >= 15 is 0 Å². The molecule has 3 nitrogen and oxygen atoms in total. The van der Waals surface area contributed by atoms with Crippen LogP contribution in [0.2, 0.25) is 0 Å². The first-order chi connectivity index (χ1) is 8.49. The minimum Gasteiger partial charge on any atom is -0.353 e. The number of ether oxygens (including phenoxy) is 2. The van der Waals surface area contributed by atoms with Crippen LogP contribution in [0.15, 0.2) is 18.2 Å². The highest BCUT2D eigenvalue weighted by atomic mass is 19.1. The molecule has 1 aromatic rings. The smallest absolute Gasteiger partial charge is 0.171 e. The van der Waals surface area contributed by atoms with E-state index in [4.69, 9.17) is 9.47 Å². The summed E-state index contributed by atoms with van der Waals surface area (Å²) in [5.74, 6) is -2.21. The molecule has 0 N–H and O–H groups in total. The highest BCUT2D eigenvalue weighted by Gasteiger charge is 2.57. The van der Waals surface area contributed by atoms with Crippen molar-refractivity contribution in [1.82, 2.24) is 0 Å². The molecule has 96 valence electrons. The third-order valence-electron chi connectivity index (χ3n) is 3.52. The van der Waals surface area contributed by atoms with Gasteiger partial charge >= 0.3 is 0 Å². The molecule has 18 heavy (non-hydrogen) atoms. The van der Waals surface area contributed by atoms with Crippen molar-refractivity contribution in [3.05, 3.63) is 35.4 Å². The highest BCUT2D eigenvalue weighted by molar-refractivity contribution is 5.38. The van der Waals surface area contributed by atoms with Gasteiger partial charge in [0, 0.05) is 33.1 Å². The zero-order valence-electron chi connectivity index (χ0n) is 10.2. The van der Waals surface area contributed by atoms with Crippen molar-refractivity contribution in [3.63, 3.8) is 0 Å². The first kappa shape index (κ1) is 12.9. The standard InChI is InChI=1S/C13H13F2NO2/c1-17-13(18-2)6-12(7-13,8-16)9-3-10(14)5-11(15)4-9/h3-5H,6-7H2,1-2H3. The van der Waals surface area contributed by atoms with Crippen molar-refractivity contribution in [3.8, 4) is 6.07 Å². The van der Waals surface area contributed by atoms with Crippen LogP contribution in [0.5, 0.6) is 0 Å². The lowest BCUT2D eigenvalue weighted by Crippen LogP contribution is -2.56. The van der Waals surface area contributed by atoms with Crippen LogP contribution in [-0.4, -0.2) is 20.0 Å². The molecule has 0 heterocycles. The molecular formula is C13H13F2NO2. The van der Waals surface area contributed by atoms with Gasteiger partial charge in [-0.15, -0.1) is 0 Å². The van der Waals surface area contributed by atoms with Crippen molar-refractivity contribution in [2.24, 2.45) is 0 Å². The second-order valence-corrected chi connectivity index (χ2v) is 4.52. The predicted molar refractivity (Wildman–Crippen MR) is 59.6 cm³/mol. The van der Waals surface area contributed by atoms with Gasteiger partial charge in [-0.05, 0) is 17.7 Å². The summed E-state index contributed by atoms with van der Waals surface area (Å²) >= 11 is 0. The third kappa shape index (κ3) is 1.88. The molecule has 1 aromatic carbocycles. The van der Waals surface area contributed by atoms with Crippen LogP contribution < -0.4 is 0 Å².